The zero-order valence-corrected chi connectivity index (χ0v) is 18.5. The number of benzene rings is 3. The van der Waals surface area contributed by atoms with Gasteiger partial charge >= 0.3 is 0 Å². The third kappa shape index (κ3) is 7.87. The van der Waals surface area contributed by atoms with Gasteiger partial charge in [0.05, 0.1) is 12.6 Å². The highest BCUT2D eigenvalue weighted by Crippen LogP contribution is 2.20. The Morgan fingerprint density at radius 3 is 2.19 bits per heavy atom. The first kappa shape index (κ1) is 23.0. The minimum absolute atomic E-state index is 0.142. The number of amides is 1. The Morgan fingerprint density at radius 2 is 1.44 bits per heavy atom. The zero-order valence-electron chi connectivity index (χ0n) is 18.5. The van der Waals surface area contributed by atoms with Gasteiger partial charge in [0, 0.05) is 23.5 Å². The summed E-state index contributed by atoms with van der Waals surface area (Å²) in [5.74, 6) is 2.11. The van der Waals surface area contributed by atoms with E-state index in [-0.39, 0.29) is 18.6 Å². The van der Waals surface area contributed by atoms with Crippen molar-refractivity contribution in [1.29, 1.82) is 0 Å². The van der Waals surface area contributed by atoms with Crippen LogP contribution in [0.15, 0.2) is 78.9 Å². The van der Waals surface area contributed by atoms with Crippen LogP contribution in [-0.4, -0.2) is 31.8 Å². The van der Waals surface area contributed by atoms with Crippen molar-refractivity contribution in [3.8, 4) is 17.2 Å². The Morgan fingerprint density at radius 1 is 0.812 bits per heavy atom. The fourth-order valence-electron chi connectivity index (χ4n) is 2.88. The number of nitrogens with one attached hydrogen (secondary N) is 2. The lowest BCUT2D eigenvalue weighted by Crippen LogP contribution is -2.21. The Kier molecular flexibility index (Phi) is 8.80. The Labute approximate surface area is 189 Å². The normalized spacial score (nSPS) is 11.3. The molecule has 1 atom stereocenters. The predicted molar refractivity (Wildman–Crippen MR) is 128 cm³/mol. The smallest absolute Gasteiger partial charge is 0.243 e. The SMILES string of the molecule is CCC(C)Oc1cccc(NCC(=O)Nc2cccc(OCCOc3ccccc3)c2)c1. The lowest BCUT2D eigenvalue weighted by molar-refractivity contribution is -0.114. The second-order valence-corrected chi connectivity index (χ2v) is 7.30. The van der Waals surface area contributed by atoms with Gasteiger partial charge in [-0.15, -0.1) is 0 Å². The fraction of sp³-hybridized carbons (Fsp3) is 0.269. The van der Waals surface area contributed by atoms with Gasteiger partial charge in [0.2, 0.25) is 5.91 Å². The molecule has 2 N–H and O–H groups in total. The van der Waals surface area contributed by atoms with E-state index >= 15 is 0 Å². The maximum atomic E-state index is 12.4. The summed E-state index contributed by atoms with van der Waals surface area (Å²) in [6.45, 7) is 5.09. The molecular weight excluding hydrogens is 404 g/mol. The fourth-order valence-corrected chi connectivity index (χ4v) is 2.88. The molecule has 0 saturated carbocycles. The third-order valence-electron chi connectivity index (χ3n) is 4.68. The second-order valence-electron chi connectivity index (χ2n) is 7.30. The van der Waals surface area contributed by atoms with E-state index < -0.39 is 0 Å². The number of carbonyl (C=O) groups excluding carboxylic acids is 1. The van der Waals surface area contributed by atoms with Gasteiger partial charge in [-0.25, -0.2) is 0 Å². The number of hydrogen-bond donors (Lipinski definition) is 2. The Hall–Kier alpha value is -3.67. The molecule has 3 aromatic carbocycles. The zero-order chi connectivity index (χ0) is 22.6. The van der Waals surface area contributed by atoms with E-state index in [1.165, 1.54) is 0 Å². The summed E-state index contributed by atoms with van der Waals surface area (Å²) >= 11 is 0. The van der Waals surface area contributed by atoms with Gasteiger partial charge in [-0.1, -0.05) is 37.3 Å². The minimum Gasteiger partial charge on any atom is -0.491 e. The molecule has 0 saturated heterocycles. The molecule has 0 heterocycles. The van der Waals surface area contributed by atoms with Gasteiger partial charge in [0.15, 0.2) is 0 Å². The molecule has 0 aliphatic carbocycles. The standard InChI is InChI=1S/C26H30N2O4/c1-3-20(2)32-25-14-7-9-21(17-25)27-19-26(29)28-22-10-8-13-24(18-22)31-16-15-30-23-11-5-4-6-12-23/h4-14,17-18,20,27H,3,15-16,19H2,1-2H3,(H,28,29). The van der Waals surface area contributed by atoms with Crippen molar-refractivity contribution in [1.82, 2.24) is 0 Å². The molecule has 0 aromatic heterocycles. The maximum absolute atomic E-state index is 12.4. The van der Waals surface area contributed by atoms with Crippen molar-refractivity contribution in [2.24, 2.45) is 0 Å². The Bertz CT molecular complexity index is 978. The van der Waals surface area contributed by atoms with E-state index in [1.807, 2.05) is 79.7 Å². The van der Waals surface area contributed by atoms with Gasteiger partial charge in [-0.3, -0.25) is 4.79 Å². The molecule has 168 valence electrons. The van der Waals surface area contributed by atoms with Gasteiger partial charge in [-0.05, 0) is 49.7 Å². The number of para-hydroxylation sites is 1. The topological polar surface area (TPSA) is 68.8 Å². The molecule has 32 heavy (non-hydrogen) atoms. The summed E-state index contributed by atoms with van der Waals surface area (Å²) in [6.07, 6.45) is 1.08. The molecular formula is C26H30N2O4. The van der Waals surface area contributed by atoms with Crippen LogP contribution in [0, 0.1) is 0 Å². The van der Waals surface area contributed by atoms with E-state index in [2.05, 4.69) is 17.6 Å². The molecule has 1 amide bonds. The molecule has 0 aliphatic heterocycles. The average Bonchev–Trinajstić information content (AvgIpc) is 2.82. The molecule has 0 aliphatic rings. The average molecular weight is 435 g/mol. The van der Waals surface area contributed by atoms with Crippen LogP contribution in [0.2, 0.25) is 0 Å². The van der Waals surface area contributed by atoms with Crippen molar-refractivity contribution >= 4 is 17.3 Å². The molecule has 3 rings (SSSR count). The summed E-state index contributed by atoms with van der Waals surface area (Å²) in [5.41, 5.74) is 1.50. The van der Waals surface area contributed by atoms with Crippen LogP contribution in [0.5, 0.6) is 17.2 Å². The number of ether oxygens (including phenoxy) is 3. The van der Waals surface area contributed by atoms with Crippen LogP contribution in [0.4, 0.5) is 11.4 Å². The molecule has 0 radical (unpaired) electrons. The molecule has 0 fully saturated rings. The second kappa shape index (κ2) is 12.2. The van der Waals surface area contributed by atoms with Gasteiger partial charge < -0.3 is 24.8 Å². The molecule has 0 spiro atoms. The first-order chi connectivity index (χ1) is 15.6. The lowest BCUT2D eigenvalue weighted by atomic mass is 10.2. The van der Waals surface area contributed by atoms with Crippen LogP contribution < -0.4 is 24.8 Å². The first-order valence-corrected chi connectivity index (χ1v) is 10.8. The summed E-state index contributed by atoms with van der Waals surface area (Å²) in [4.78, 5) is 12.4. The van der Waals surface area contributed by atoms with E-state index in [1.54, 1.807) is 6.07 Å². The van der Waals surface area contributed by atoms with Gasteiger partial charge in [0.1, 0.15) is 30.5 Å². The van der Waals surface area contributed by atoms with E-state index in [0.29, 0.717) is 24.7 Å². The monoisotopic (exact) mass is 434 g/mol. The lowest BCUT2D eigenvalue weighted by Gasteiger charge is -2.14. The van der Waals surface area contributed by atoms with Gasteiger partial charge in [0.25, 0.3) is 0 Å². The largest absolute Gasteiger partial charge is 0.491 e. The number of anilines is 2. The molecule has 1 unspecified atom stereocenters. The van der Waals surface area contributed by atoms with Crippen molar-refractivity contribution in [3.63, 3.8) is 0 Å². The highest BCUT2D eigenvalue weighted by molar-refractivity contribution is 5.93. The summed E-state index contributed by atoms with van der Waals surface area (Å²) < 4.78 is 17.2. The Balaban J connectivity index is 1.42. The molecule has 6 nitrogen and oxygen atoms in total. The van der Waals surface area contributed by atoms with Crippen LogP contribution in [0.1, 0.15) is 20.3 Å². The van der Waals surface area contributed by atoms with E-state index in [0.717, 1.165) is 23.6 Å². The van der Waals surface area contributed by atoms with E-state index in [9.17, 15) is 4.79 Å². The van der Waals surface area contributed by atoms with Crippen LogP contribution in [0.25, 0.3) is 0 Å². The van der Waals surface area contributed by atoms with Gasteiger partial charge in [-0.2, -0.15) is 0 Å². The number of hydrogen-bond acceptors (Lipinski definition) is 5. The molecule has 6 heteroatoms. The third-order valence-corrected chi connectivity index (χ3v) is 4.68. The summed E-state index contributed by atoms with van der Waals surface area (Å²) in [5, 5.41) is 6.01. The van der Waals surface area contributed by atoms with Crippen LogP contribution in [-0.2, 0) is 4.79 Å². The van der Waals surface area contributed by atoms with Crippen molar-refractivity contribution < 1.29 is 19.0 Å². The maximum Gasteiger partial charge on any atom is 0.243 e. The molecule has 0 bridgehead atoms. The molecule has 3 aromatic rings. The highest BCUT2D eigenvalue weighted by Gasteiger charge is 2.06. The van der Waals surface area contributed by atoms with E-state index in [4.69, 9.17) is 14.2 Å². The first-order valence-electron chi connectivity index (χ1n) is 10.8. The number of rotatable bonds is 12. The van der Waals surface area contributed by atoms with Crippen LogP contribution in [0.3, 0.4) is 0 Å². The minimum atomic E-state index is -0.150. The highest BCUT2D eigenvalue weighted by atomic mass is 16.5. The van der Waals surface area contributed by atoms with Crippen molar-refractivity contribution in [2.75, 3.05) is 30.4 Å². The summed E-state index contributed by atoms with van der Waals surface area (Å²) in [7, 11) is 0. The van der Waals surface area contributed by atoms with Crippen LogP contribution >= 0.6 is 0 Å². The number of carbonyl (C=O) groups is 1. The predicted octanol–water partition coefficient (Wildman–Crippen LogP) is 5.37. The van der Waals surface area contributed by atoms with Crippen molar-refractivity contribution in [3.05, 3.63) is 78.9 Å². The van der Waals surface area contributed by atoms with Crippen molar-refractivity contribution in [2.45, 2.75) is 26.4 Å². The quantitative estimate of drug-likeness (QED) is 0.375. The summed E-state index contributed by atoms with van der Waals surface area (Å²) in [6, 6.07) is 24.5.